The number of hydrogen-bond acceptors (Lipinski definition) is 7. The van der Waals surface area contributed by atoms with E-state index in [-0.39, 0.29) is 16.9 Å². The SMILES string of the molecule is CS(=O)(=O)c1ccc(C[NH2+]C=C(N=N)c2ccc3c(=O)n(-c4ccc(F)cc4)c(CCCCC(=O)O)nc3c2)cc1. The van der Waals surface area contributed by atoms with Gasteiger partial charge in [0.1, 0.15) is 30.1 Å². The molecule has 1 heterocycles. The number of nitrogens with zero attached hydrogens (tertiary/aromatic N) is 3. The lowest BCUT2D eigenvalue weighted by atomic mass is 10.1. The Bertz CT molecular complexity index is 1780. The highest BCUT2D eigenvalue weighted by Gasteiger charge is 2.15. The summed E-state index contributed by atoms with van der Waals surface area (Å²) in [5.74, 6) is -0.934. The van der Waals surface area contributed by atoms with Crippen LogP contribution in [0.2, 0.25) is 0 Å². The van der Waals surface area contributed by atoms with Crippen molar-refractivity contribution in [2.24, 2.45) is 5.11 Å². The molecule has 0 unspecified atom stereocenters. The van der Waals surface area contributed by atoms with Gasteiger partial charge in [-0.2, -0.15) is 5.11 Å². The van der Waals surface area contributed by atoms with E-state index >= 15 is 0 Å². The highest BCUT2D eigenvalue weighted by molar-refractivity contribution is 7.90. The van der Waals surface area contributed by atoms with Gasteiger partial charge in [0.25, 0.3) is 5.56 Å². The monoisotopic (exact) mass is 578 g/mol. The second-order valence-corrected chi connectivity index (χ2v) is 11.5. The predicted octanol–water partition coefficient (Wildman–Crippen LogP) is 3.82. The van der Waals surface area contributed by atoms with Gasteiger partial charge >= 0.3 is 5.97 Å². The van der Waals surface area contributed by atoms with Crippen LogP contribution in [0.4, 0.5) is 4.39 Å². The minimum atomic E-state index is -3.28. The number of rotatable bonds is 12. The molecule has 0 aliphatic heterocycles. The molecule has 0 bridgehead atoms. The summed E-state index contributed by atoms with van der Waals surface area (Å²) >= 11 is 0. The molecule has 1 aromatic heterocycles. The van der Waals surface area contributed by atoms with Gasteiger partial charge in [-0.3, -0.25) is 14.2 Å². The first-order valence-corrected chi connectivity index (χ1v) is 14.7. The molecule has 0 saturated carbocycles. The first kappa shape index (κ1) is 29.4. The molecule has 4 rings (SSSR count). The van der Waals surface area contributed by atoms with Crippen LogP contribution in [0.25, 0.3) is 22.3 Å². The highest BCUT2D eigenvalue weighted by atomic mass is 32.2. The van der Waals surface area contributed by atoms with Crippen molar-refractivity contribution in [3.05, 3.63) is 106 Å². The minimum absolute atomic E-state index is 0.00395. The third-order valence-corrected chi connectivity index (χ3v) is 7.59. The van der Waals surface area contributed by atoms with Gasteiger partial charge in [-0.05, 0) is 61.4 Å². The van der Waals surface area contributed by atoms with Crippen LogP contribution in [0.3, 0.4) is 0 Å². The van der Waals surface area contributed by atoms with E-state index in [4.69, 9.17) is 15.6 Å². The van der Waals surface area contributed by atoms with Crippen LogP contribution in [-0.4, -0.2) is 35.3 Å². The summed E-state index contributed by atoms with van der Waals surface area (Å²) in [5.41, 5.74) is 9.97. The molecule has 41 heavy (non-hydrogen) atoms. The van der Waals surface area contributed by atoms with Gasteiger partial charge in [-0.25, -0.2) is 23.3 Å². The van der Waals surface area contributed by atoms with E-state index in [1.165, 1.54) is 28.8 Å². The number of unbranched alkanes of at least 4 members (excludes halogenated alkanes) is 1. The van der Waals surface area contributed by atoms with E-state index in [1.54, 1.807) is 54.0 Å². The number of quaternary nitrogens is 1. The van der Waals surface area contributed by atoms with Crippen molar-refractivity contribution in [1.82, 2.24) is 9.55 Å². The van der Waals surface area contributed by atoms with Gasteiger partial charge in [-0.15, -0.1) is 0 Å². The number of nitrogens with two attached hydrogens (primary N) is 1. The lowest BCUT2D eigenvalue weighted by Gasteiger charge is -2.14. The van der Waals surface area contributed by atoms with E-state index < -0.39 is 21.6 Å². The number of aromatic nitrogens is 2. The molecule has 10 nitrogen and oxygen atoms in total. The molecule has 4 N–H and O–H groups in total. The smallest absolute Gasteiger partial charge is 0.303 e. The van der Waals surface area contributed by atoms with Gasteiger partial charge in [0.15, 0.2) is 9.84 Å². The zero-order valence-electron chi connectivity index (χ0n) is 22.2. The van der Waals surface area contributed by atoms with Gasteiger partial charge in [0.2, 0.25) is 0 Å². The maximum absolute atomic E-state index is 13.6. The molecule has 0 radical (unpaired) electrons. The summed E-state index contributed by atoms with van der Waals surface area (Å²) in [6.07, 6.45) is 4.04. The molecular formula is C29H29FN5O5S+. The first-order valence-electron chi connectivity index (χ1n) is 12.8. The van der Waals surface area contributed by atoms with Gasteiger partial charge in [0.05, 0.1) is 21.5 Å². The Balaban J connectivity index is 1.64. The average molecular weight is 579 g/mol. The fourth-order valence-electron chi connectivity index (χ4n) is 4.35. The maximum Gasteiger partial charge on any atom is 0.303 e. The van der Waals surface area contributed by atoms with Crippen LogP contribution >= 0.6 is 0 Å². The number of benzene rings is 3. The van der Waals surface area contributed by atoms with E-state index in [2.05, 4.69) is 5.11 Å². The maximum atomic E-state index is 13.6. The van der Waals surface area contributed by atoms with Crippen molar-refractivity contribution in [3.8, 4) is 5.69 Å². The van der Waals surface area contributed by atoms with Crippen LogP contribution in [0.5, 0.6) is 0 Å². The average Bonchev–Trinajstić information content (AvgIpc) is 2.94. The molecule has 0 atom stereocenters. The summed E-state index contributed by atoms with van der Waals surface area (Å²) in [4.78, 5) is 29.4. The number of sulfone groups is 1. The summed E-state index contributed by atoms with van der Waals surface area (Å²) in [6.45, 7) is 0.484. The van der Waals surface area contributed by atoms with Crippen molar-refractivity contribution >= 4 is 32.4 Å². The van der Waals surface area contributed by atoms with E-state index in [0.29, 0.717) is 59.5 Å². The summed E-state index contributed by atoms with van der Waals surface area (Å²) < 4.78 is 38.3. The number of aryl methyl sites for hydroxylation is 1. The lowest BCUT2D eigenvalue weighted by Crippen LogP contribution is -2.76. The molecule has 0 aliphatic carbocycles. The lowest BCUT2D eigenvalue weighted by molar-refractivity contribution is -0.604. The number of hydrogen-bond donors (Lipinski definition) is 3. The highest BCUT2D eigenvalue weighted by Crippen LogP contribution is 2.21. The number of carbonyl (C=O) groups is 1. The molecule has 0 fully saturated rings. The molecule has 0 aliphatic rings. The summed E-state index contributed by atoms with van der Waals surface area (Å²) in [5, 5.41) is 14.7. The third-order valence-electron chi connectivity index (χ3n) is 6.46. The second kappa shape index (κ2) is 12.7. The Morgan fingerprint density at radius 3 is 2.44 bits per heavy atom. The predicted molar refractivity (Wildman–Crippen MR) is 151 cm³/mol. The van der Waals surface area contributed by atoms with E-state index in [9.17, 15) is 22.4 Å². The summed E-state index contributed by atoms with van der Waals surface area (Å²) in [6, 6.07) is 17.0. The Labute approximate surface area is 235 Å². The quantitative estimate of drug-likeness (QED) is 0.171. The van der Waals surface area contributed by atoms with Crippen molar-refractivity contribution in [1.29, 1.82) is 5.53 Å². The van der Waals surface area contributed by atoms with Crippen molar-refractivity contribution < 1.29 is 28.0 Å². The van der Waals surface area contributed by atoms with Crippen LogP contribution in [0, 0.1) is 11.3 Å². The number of aliphatic carboxylic acids is 1. The zero-order valence-corrected chi connectivity index (χ0v) is 23.1. The van der Waals surface area contributed by atoms with Crippen molar-refractivity contribution in [2.45, 2.75) is 37.1 Å². The number of carboxylic acid groups (broad SMARTS) is 1. The number of carboxylic acids is 1. The molecule has 0 spiro atoms. The Kier molecular flexibility index (Phi) is 9.15. The number of fused-ring (bicyclic) bond motifs is 1. The van der Waals surface area contributed by atoms with Gasteiger partial charge in [-0.1, -0.05) is 18.2 Å². The van der Waals surface area contributed by atoms with E-state index in [0.717, 1.165) is 11.8 Å². The van der Waals surface area contributed by atoms with Crippen LogP contribution in [0.15, 0.2) is 87.7 Å². The molecule has 12 heteroatoms. The minimum Gasteiger partial charge on any atom is -0.481 e. The molecule has 212 valence electrons. The molecule has 0 saturated heterocycles. The number of nitrogens with one attached hydrogen (secondary N) is 1. The normalized spacial score (nSPS) is 12.0. The van der Waals surface area contributed by atoms with Crippen LogP contribution < -0.4 is 10.9 Å². The fraction of sp³-hybridized carbons (Fsp3) is 0.207. The fourth-order valence-corrected chi connectivity index (χ4v) is 4.98. The number of halogens is 1. The molecular weight excluding hydrogens is 549 g/mol. The van der Waals surface area contributed by atoms with Gasteiger partial charge in [0, 0.05) is 30.2 Å². The Morgan fingerprint density at radius 2 is 1.80 bits per heavy atom. The third kappa shape index (κ3) is 7.35. The largest absolute Gasteiger partial charge is 0.481 e. The topological polar surface area (TPSA) is 159 Å². The molecule has 3 aromatic carbocycles. The zero-order chi connectivity index (χ0) is 29.6. The van der Waals surface area contributed by atoms with Crippen molar-refractivity contribution in [3.63, 3.8) is 0 Å². The standard InChI is InChI=1S/C29H28FN5O5S/c1-41(39,40)23-13-6-19(7-14-23)17-32-18-26(34-31)20-8-15-24-25(16-20)33-27(4-2-3-5-28(36)37)35(29(24)38)22-11-9-21(30)10-12-22/h6-16,18,31-32H,2-5,17H2,1H3,(H,36,37)/p+1. The summed E-state index contributed by atoms with van der Waals surface area (Å²) in [7, 11) is -3.28. The van der Waals surface area contributed by atoms with Crippen LogP contribution in [0.1, 0.15) is 36.2 Å². The Hall–Kier alpha value is -4.55. The van der Waals surface area contributed by atoms with E-state index in [1.807, 2.05) is 0 Å². The first-order chi connectivity index (χ1) is 19.6. The second-order valence-electron chi connectivity index (χ2n) is 9.50. The van der Waals surface area contributed by atoms with Gasteiger partial charge < -0.3 is 10.4 Å². The van der Waals surface area contributed by atoms with Crippen LogP contribution in [-0.2, 0) is 27.6 Å². The molecule has 4 aromatic rings. The van der Waals surface area contributed by atoms with Crippen molar-refractivity contribution in [2.75, 3.05) is 6.26 Å². The Morgan fingerprint density at radius 1 is 1.10 bits per heavy atom. The molecule has 0 amide bonds.